The van der Waals surface area contributed by atoms with Crippen molar-refractivity contribution in [3.8, 4) is 0 Å². The van der Waals surface area contributed by atoms with Gasteiger partial charge in [0.1, 0.15) is 24.0 Å². The summed E-state index contributed by atoms with van der Waals surface area (Å²) < 4.78 is 4.25. The van der Waals surface area contributed by atoms with Crippen LogP contribution in [0.5, 0.6) is 0 Å². The molecule has 1 aromatic carbocycles. The van der Waals surface area contributed by atoms with Gasteiger partial charge in [-0.25, -0.2) is 9.97 Å². The molecule has 0 saturated carbocycles. The molecule has 0 amide bonds. The summed E-state index contributed by atoms with van der Waals surface area (Å²) in [5, 5.41) is 11.1. The molecular formula is C24H32N7O5+. The molecule has 1 aliphatic carbocycles. The fourth-order valence-corrected chi connectivity index (χ4v) is 4.13. The SMILES string of the molecule is COC.NC1=C(N(CCCN2CCN(c3ccc(C=O)cc3)CC2)[NH2+]O)C(=O)c2ncncc2C1=O. The summed E-state index contributed by atoms with van der Waals surface area (Å²) in [5.41, 5.74) is 8.26. The zero-order valence-corrected chi connectivity index (χ0v) is 20.5. The van der Waals surface area contributed by atoms with Gasteiger partial charge in [0.15, 0.2) is 5.70 Å². The first kappa shape index (κ1) is 26.9. The molecule has 0 bridgehead atoms. The number of rotatable bonds is 8. The topological polar surface area (TPSA) is 159 Å². The molecule has 0 unspecified atom stereocenters. The van der Waals surface area contributed by atoms with Gasteiger partial charge in [-0.3, -0.25) is 19.3 Å². The number of allylic oxidation sites excluding steroid dienone is 2. The van der Waals surface area contributed by atoms with Crippen LogP contribution >= 0.6 is 0 Å². The van der Waals surface area contributed by atoms with Gasteiger partial charge in [0.25, 0.3) is 0 Å². The van der Waals surface area contributed by atoms with E-state index in [1.165, 1.54) is 17.5 Å². The third kappa shape index (κ3) is 6.10. The molecule has 1 aromatic heterocycles. The molecular weight excluding hydrogens is 466 g/mol. The van der Waals surface area contributed by atoms with E-state index in [4.69, 9.17) is 5.73 Å². The number of benzene rings is 1. The minimum absolute atomic E-state index is 0.0108. The van der Waals surface area contributed by atoms with Crippen molar-refractivity contribution in [3.05, 3.63) is 65.0 Å². The molecule has 0 radical (unpaired) electrons. The maximum atomic E-state index is 12.9. The lowest BCUT2D eigenvalue weighted by Gasteiger charge is -2.36. The second-order valence-electron chi connectivity index (χ2n) is 8.31. The standard InChI is InChI=1S/C22H25N7O4.C2H6O/c23-18-20(22(32)19-17(21(18)31)12-24-14-25-19)29(26-33)7-1-6-27-8-10-28(11-9-27)16-4-2-15(13-30)3-5-16;1-3-2/h2-5,12-14,26,33H,1,6-11,23H2;1-2H3/p+1. The van der Waals surface area contributed by atoms with E-state index in [0.29, 0.717) is 18.5 Å². The van der Waals surface area contributed by atoms with Gasteiger partial charge in [-0.1, -0.05) is 0 Å². The van der Waals surface area contributed by atoms with E-state index in [1.807, 2.05) is 24.3 Å². The molecule has 2 aromatic rings. The summed E-state index contributed by atoms with van der Waals surface area (Å²) in [7, 11) is 3.25. The molecule has 5 N–H and O–H groups in total. The molecule has 12 nitrogen and oxygen atoms in total. The van der Waals surface area contributed by atoms with Crippen LogP contribution in [0.4, 0.5) is 5.69 Å². The number of anilines is 1. The molecule has 192 valence electrons. The average molecular weight is 499 g/mol. The van der Waals surface area contributed by atoms with E-state index in [2.05, 4.69) is 24.5 Å². The summed E-state index contributed by atoms with van der Waals surface area (Å²) >= 11 is 0. The number of aromatic nitrogens is 2. The highest BCUT2D eigenvalue weighted by Crippen LogP contribution is 2.23. The van der Waals surface area contributed by atoms with Crippen molar-refractivity contribution in [3.63, 3.8) is 0 Å². The number of hydrogen-bond acceptors (Lipinski definition) is 11. The molecule has 2 heterocycles. The molecule has 1 saturated heterocycles. The fourth-order valence-electron chi connectivity index (χ4n) is 4.13. The predicted molar refractivity (Wildman–Crippen MR) is 130 cm³/mol. The van der Waals surface area contributed by atoms with Crippen LogP contribution < -0.4 is 16.2 Å². The van der Waals surface area contributed by atoms with Crippen LogP contribution in [0.25, 0.3) is 0 Å². The number of Topliss-reactive ketones (excluding diaryl/α,β-unsaturated/α-hetero) is 2. The highest BCUT2D eigenvalue weighted by molar-refractivity contribution is 6.25. The van der Waals surface area contributed by atoms with Crippen LogP contribution in [0.2, 0.25) is 0 Å². The predicted octanol–water partition coefficient (Wildman–Crippen LogP) is -0.517. The zero-order valence-electron chi connectivity index (χ0n) is 20.5. The first-order chi connectivity index (χ1) is 17.4. The molecule has 1 fully saturated rings. The molecule has 4 rings (SSSR count). The van der Waals surface area contributed by atoms with E-state index in [1.54, 1.807) is 14.2 Å². The normalized spacial score (nSPS) is 15.8. The van der Waals surface area contributed by atoms with Gasteiger partial charge in [-0.15, -0.1) is 5.59 Å². The van der Waals surface area contributed by atoms with E-state index in [9.17, 15) is 19.6 Å². The number of ether oxygens (including phenoxy) is 1. The third-order valence-corrected chi connectivity index (χ3v) is 5.95. The van der Waals surface area contributed by atoms with Crippen molar-refractivity contribution in [1.29, 1.82) is 0 Å². The van der Waals surface area contributed by atoms with Crippen LogP contribution in [0.1, 0.15) is 37.6 Å². The quantitative estimate of drug-likeness (QED) is 0.244. The summed E-state index contributed by atoms with van der Waals surface area (Å²) in [6.07, 6.45) is 3.96. The van der Waals surface area contributed by atoms with Crippen LogP contribution in [-0.2, 0) is 4.74 Å². The second-order valence-corrected chi connectivity index (χ2v) is 8.31. The number of hydrogen-bond donors (Lipinski definition) is 3. The monoisotopic (exact) mass is 498 g/mol. The van der Waals surface area contributed by atoms with Crippen molar-refractivity contribution in [2.24, 2.45) is 5.73 Å². The molecule has 36 heavy (non-hydrogen) atoms. The van der Waals surface area contributed by atoms with E-state index >= 15 is 0 Å². The Bertz CT molecular complexity index is 1100. The highest BCUT2D eigenvalue weighted by Gasteiger charge is 2.37. The van der Waals surface area contributed by atoms with Gasteiger partial charge in [0.2, 0.25) is 11.6 Å². The Balaban J connectivity index is 0.00000115. The van der Waals surface area contributed by atoms with Crippen molar-refractivity contribution < 1.29 is 29.9 Å². The lowest BCUT2D eigenvalue weighted by atomic mass is 9.95. The van der Waals surface area contributed by atoms with Gasteiger partial charge in [0, 0.05) is 64.4 Å². The summed E-state index contributed by atoms with van der Waals surface area (Å²) in [4.78, 5) is 48.5. The summed E-state index contributed by atoms with van der Waals surface area (Å²) in [6, 6.07) is 7.55. The van der Waals surface area contributed by atoms with E-state index < -0.39 is 11.6 Å². The number of nitrogens with zero attached hydrogens (tertiary/aromatic N) is 5. The number of piperazine rings is 1. The lowest BCUT2D eigenvalue weighted by Crippen LogP contribution is -2.91. The average Bonchev–Trinajstić information content (AvgIpc) is 2.92. The molecule has 12 heteroatoms. The number of methoxy groups -OCH3 is 1. The summed E-state index contributed by atoms with van der Waals surface area (Å²) in [6.45, 7) is 4.53. The molecule has 0 spiro atoms. The molecule has 1 aliphatic heterocycles. The second kappa shape index (κ2) is 12.8. The van der Waals surface area contributed by atoms with E-state index in [0.717, 1.165) is 50.3 Å². The number of aldehydes is 1. The first-order valence-corrected chi connectivity index (χ1v) is 11.5. The van der Waals surface area contributed by atoms with Crippen LogP contribution in [0, 0.1) is 0 Å². The summed E-state index contributed by atoms with van der Waals surface area (Å²) in [5.74, 6) is -1.03. The van der Waals surface area contributed by atoms with E-state index in [-0.39, 0.29) is 22.7 Å². The van der Waals surface area contributed by atoms with Gasteiger partial charge < -0.3 is 15.4 Å². The number of ketones is 2. The Hall–Kier alpha value is -3.71. The fraction of sp³-hybridized carbons (Fsp3) is 0.375. The maximum absolute atomic E-state index is 12.9. The van der Waals surface area contributed by atoms with Crippen molar-refractivity contribution >= 4 is 23.5 Å². The molecule has 2 aliphatic rings. The van der Waals surface area contributed by atoms with Crippen molar-refractivity contribution in [1.82, 2.24) is 19.9 Å². The zero-order chi connectivity index (χ0) is 26.1. The van der Waals surface area contributed by atoms with Crippen LogP contribution in [-0.4, -0.2) is 96.4 Å². The Morgan fingerprint density at radius 3 is 2.42 bits per heavy atom. The Morgan fingerprint density at radius 1 is 1.14 bits per heavy atom. The number of nitrogens with two attached hydrogens (primary N) is 2. The van der Waals surface area contributed by atoms with Crippen molar-refractivity contribution in [2.75, 3.05) is 58.4 Å². The van der Waals surface area contributed by atoms with Gasteiger partial charge in [-0.05, 0) is 30.7 Å². The molecule has 0 atom stereocenters. The smallest absolute Gasteiger partial charge is 0.235 e. The van der Waals surface area contributed by atoms with Crippen molar-refractivity contribution in [2.45, 2.75) is 6.42 Å². The van der Waals surface area contributed by atoms with Gasteiger partial charge in [0.05, 0.1) is 12.1 Å². The maximum Gasteiger partial charge on any atom is 0.235 e. The lowest BCUT2D eigenvalue weighted by molar-refractivity contribution is -0.987. The largest absolute Gasteiger partial charge is 0.394 e. The number of carbonyl (C=O) groups excluding carboxylic acids is 3. The number of fused-ring (bicyclic) bond motifs is 1. The minimum Gasteiger partial charge on any atom is -0.394 e. The first-order valence-electron chi connectivity index (χ1n) is 11.5. The van der Waals surface area contributed by atoms with Crippen LogP contribution in [0.15, 0.2) is 48.2 Å². The van der Waals surface area contributed by atoms with Gasteiger partial charge in [-0.2, -0.15) is 10.2 Å². The number of carbonyl (C=O) groups is 3. The minimum atomic E-state index is -0.524. The number of quaternary nitrogens is 1. The highest BCUT2D eigenvalue weighted by atomic mass is 16.5. The van der Waals surface area contributed by atoms with Gasteiger partial charge >= 0.3 is 0 Å². The third-order valence-electron chi connectivity index (χ3n) is 5.95. The Morgan fingerprint density at radius 2 is 1.81 bits per heavy atom. The Kier molecular flexibility index (Phi) is 9.59. The van der Waals surface area contributed by atoms with Crippen LogP contribution in [0.3, 0.4) is 0 Å². The Labute approximate surface area is 209 Å².